The van der Waals surface area contributed by atoms with Crippen molar-refractivity contribution in [3.05, 3.63) is 42.4 Å². The molecule has 0 radical (unpaired) electrons. The minimum atomic E-state index is -3.67. The Morgan fingerprint density at radius 1 is 1.28 bits per heavy atom. The van der Waals surface area contributed by atoms with Gasteiger partial charge in [0.15, 0.2) is 0 Å². The predicted octanol–water partition coefficient (Wildman–Crippen LogP) is 2.72. The molecule has 1 aliphatic heterocycles. The van der Waals surface area contributed by atoms with Crippen LogP contribution in [0, 0.1) is 0 Å². The van der Waals surface area contributed by atoms with Crippen LogP contribution in [-0.2, 0) is 10.0 Å². The Labute approximate surface area is 146 Å². The van der Waals surface area contributed by atoms with Gasteiger partial charge in [0.2, 0.25) is 10.0 Å². The smallest absolute Gasteiger partial charge is 0.258 e. The van der Waals surface area contributed by atoms with E-state index in [1.165, 1.54) is 29.0 Å². The monoisotopic (exact) mass is 364 g/mol. The molecule has 2 aromatic rings. The average Bonchev–Trinajstić information content (AvgIpc) is 3.30. The van der Waals surface area contributed by atoms with Crippen LogP contribution in [0.3, 0.4) is 0 Å². The zero-order chi connectivity index (χ0) is 17.9. The molecule has 0 saturated carbocycles. The molecule has 1 aromatic carbocycles. The second-order valence-corrected chi connectivity index (χ2v) is 7.58. The van der Waals surface area contributed by atoms with Crippen molar-refractivity contribution in [3.8, 4) is 5.75 Å². The molecule has 25 heavy (non-hydrogen) atoms. The van der Waals surface area contributed by atoms with Gasteiger partial charge in [0.05, 0.1) is 18.4 Å². The van der Waals surface area contributed by atoms with Gasteiger partial charge in [0.25, 0.3) is 5.91 Å². The first-order chi connectivity index (χ1) is 12.0. The summed E-state index contributed by atoms with van der Waals surface area (Å²) >= 11 is 0. The maximum absolute atomic E-state index is 12.9. The van der Waals surface area contributed by atoms with Gasteiger partial charge in [0.1, 0.15) is 16.9 Å². The van der Waals surface area contributed by atoms with Crippen LogP contribution in [0.25, 0.3) is 0 Å². The molecule has 0 aliphatic carbocycles. The van der Waals surface area contributed by atoms with E-state index in [0.717, 1.165) is 12.8 Å². The van der Waals surface area contributed by atoms with Gasteiger partial charge >= 0.3 is 0 Å². The summed E-state index contributed by atoms with van der Waals surface area (Å²) in [4.78, 5) is 12.2. The predicted molar refractivity (Wildman–Crippen MR) is 92.3 cm³/mol. The molecule has 0 bridgehead atoms. The molecule has 8 heteroatoms. The standard InChI is InChI=1S/C17H20N2O5S/c1-2-24-15-6-5-14(18-17(20)13-7-10-23-12-13)11-16(15)25(21,22)19-8-3-4-9-19/h5-7,10-12H,2-4,8-9H2,1H3,(H,18,20). The number of carbonyl (C=O) groups excluding carboxylic acids is 1. The van der Waals surface area contributed by atoms with Gasteiger partial charge < -0.3 is 14.5 Å². The quantitative estimate of drug-likeness (QED) is 0.851. The number of benzene rings is 1. The van der Waals surface area contributed by atoms with Gasteiger partial charge in [-0.3, -0.25) is 4.79 Å². The van der Waals surface area contributed by atoms with Gasteiger partial charge in [-0.15, -0.1) is 0 Å². The lowest BCUT2D eigenvalue weighted by Gasteiger charge is -2.19. The third-order valence-corrected chi connectivity index (χ3v) is 5.89. The number of nitrogens with zero attached hydrogens (tertiary/aromatic N) is 1. The minimum Gasteiger partial charge on any atom is -0.492 e. The summed E-state index contributed by atoms with van der Waals surface area (Å²) in [6, 6.07) is 6.16. The van der Waals surface area contributed by atoms with E-state index in [9.17, 15) is 13.2 Å². The fourth-order valence-electron chi connectivity index (χ4n) is 2.73. The van der Waals surface area contributed by atoms with Crippen LogP contribution in [0.1, 0.15) is 30.1 Å². The van der Waals surface area contributed by atoms with Gasteiger partial charge in [-0.05, 0) is 44.0 Å². The summed E-state index contributed by atoms with van der Waals surface area (Å²) in [7, 11) is -3.67. The van der Waals surface area contributed by atoms with E-state index in [2.05, 4.69) is 5.32 Å². The van der Waals surface area contributed by atoms with Gasteiger partial charge in [0, 0.05) is 18.8 Å². The number of carbonyl (C=O) groups is 1. The van der Waals surface area contributed by atoms with E-state index in [0.29, 0.717) is 30.9 Å². The molecular weight excluding hydrogens is 344 g/mol. The lowest BCUT2D eigenvalue weighted by atomic mass is 10.2. The SMILES string of the molecule is CCOc1ccc(NC(=O)c2ccoc2)cc1S(=O)(=O)N1CCCC1. The number of nitrogens with one attached hydrogen (secondary N) is 1. The number of furan rings is 1. The highest BCUT2D eigenvalue weighted by Gasteiger charge is 2.30. The lowest BCUT2D eigenvalue weighted by molar-refractivity contribution is 0.102. The molecule has 2 heterocycles. The first-order valence-corrected chi connectivity index (χ1v) is 9.57. The summed E-state index contributed by atoms with van der Waals surface area (Å²) in [5.74, 6) is -0.0851. The van der Waals surface area contributed by atoms with Crippen LogP contribution in [0.2, 0.25) is 0 Å². The maximum atomic E-state index is 12.9. The first kappa shape index (κ1) is 17.5. The van der Waals surface area contributed by atoms with Gasteiger partial charge in [-0.2, -0.15) is 4.31 Å². The number of ether oxygens (including phenoxy) is 1. The molecule has 1 N–H and O–H groups in total. The Hall–Kier alpha value is -2.32. The van der Waals surface area contributed by atoms with E-state index in [1.807, 2.05) is 0 Å². The highest BCUT2D eigenvalue weighted by Crippen LogP contribution is 2.31. The third-order valence-electron chi connectivity index (χ3n) is 3.97. The van der Waals surface area contributed by atoms with Crippen LogP contribution in [-0.4, -0.2) is 38.3 Å². The van der Waals surface area contributed by atoms with E-state index >= 15 is 0 Å². The number of amides is 1. The normalized spacial score (nSPS) is 15.2. The van der Waals surface area contributed by atoms with Crippen molar-refractivity contribution in [2.75, 3.05) is 25.0 Å². The Bertz CT molecular complexity index is 840. The molecular formula is C17H20N2O5S. The van der Waals surface area contributed by atoms with Crippen LogP contribution in [0.4, 0.5) is 5.69 Å². The van der Waals surface area contributed by atoms with Gasteiger partial charge in [-0.25, -0.2) is 8.42 Å². The molecule has 1 fully saturated rings. The minimum absolute atomic E-state index is 0.0706. The number of rotatable bonds is 6. The molecule has 0 unspecified atom stereocenters. The second kappa shape index (κ2) is 7.28. The molecule has 0 spiro atoms. The zero-order valence-corrected chi connectivity index (χ0v) is 14.7. The topological polar surface area (TPSA) is 88.8 Å². The summed E-state index contributed by atoms with van der Waals surface area (Å²) in [6.45, 7) is 3.14. The summed E-state index contributed by atoms with van der Waals surface area (Å²) in [5, 5.41) is 2.68. The van der Waals surface area contributed by atoms with E-state index in [-0.39, 0.29) is 16.6 Å². The highest BCUT2D eigenvalue weighted by atomic mass is 32.2. The van der Waals surface area contributed by atoms with Crippen molar-refractivity contribution in [2.45, 2.75) is 24.7 Å². The lowest BCUT2D eigenvalue weighted by Crippen LogP contribution is -2.28. The third kappa shape index (κ3) is 3.69. The summed E-state index contributed by atoms with van der Waals surface area (Å²) in [5.41, 5.74) is 0.741. The van der Waals surface area contributed by atoms with Crippen molar-refractivity contribution in [3.63, 3.8) is 0 Å². The first-order valence-electron chi connectivity index (χ1n) is 8.13. The largest absolute Gasteiger partial charge is 0.492 e. The van der Waals surface area contributed by atoms with Crippen LogP contribution in [0.15, 0.2) is 46.1 Å². The van der Waals surface area contributed by atoms with Crippen molar-refractivity contribution >= 4 is 21.6 Å². The van der Waals surface area contributed by atoms with Crippen LogP contribution < -0.4 is 10.1 Å². The second-order valence-electron chi connectivity index (χ2n) is 5.67. The molecule has 1 aliphatic rings. The van der Waals surface area contributed by atoms with Crippen LogP contribution in [0.5, 0.6) is 5.75 Å². The highest BCUT2D eigenvalue weighted by molar-refractivity contribution is 7.89. The van der Waals surface area contributed by atoms with Crippen molar-refractivity contribution in [1.29, 1.82) is 0 Å². The Balaban J connectivity index is 1.93. The van der Waals surface area contributed by atoms with E-state index < -0.39 is 10.0 Å². The van der Waals surface area contributed by atoms with Crippen molar-refractivity contribution in [2.24, 2.45) is 0 Å². The Morgan fingerprint density at radius 2 is 2.04 bits per heavy atom. The molecule has 1 amide bonds. The average molecular weight is 364 g/mol. The fourth-order valence-corrected chi connectivity index (χ4v) is 4.40. The number of hydrogen-bond donors (Lipinski definition) is 1. The van der Waals surface area contributed by atoms with Gasteiger partial charge in [-0.1, -0.05) is 0 Å². The maximum Gasteiger partial charge on any atom is 0.258 e. The van der Waals surface area contributed by atoms with Crippen molar-refractivity contribution in [1.82, 2.24) is 4.31 Å². The zero-order valence-electron chi connectivity index (χ0n) is 13.9. The molecule has 134 valence electrons. The molecule has 1 aromatic heterocycles. The molecule has 7 nitrogen and oxygen atoms in total. The van der Waals surface area contributed by atoms with E-state index in [4.69, 9.17) is 9.15 Å². The van der Waals surface area contributed by atoms with Crippen molar-refractivity contribution < 1.29 is 22.4 Å². The number of sulfonamides is 1. The van der Waals surface area contributed by atoms with E-state index in [1.54, 1.807) is 19.1 Å². The fraction of sp³-hybridized carbons (Fsp3) is 0.353. The summed E-state index contributed by atoms with van der Waals surface area (Å²) in [6.07, 6.45) is 4.42. The molecule has 0 atom stereocenters. The summed E-state index contributed by atoms with van der Waals surface area (Å²) < 4.78 is 37.6. The Kier molecular flexibility index (Phi) is 5.10. The molecule has 1 saturated heterocycles. The molecule has 3 rings (SSSR count). The number of anilines is 1. The van der Waals surface area contributed by atoms with Crippen LogP contribution >= 0.6 is 0 Å². The number of hydrogen-bond acceptors (Lipinski definition) is 5. The Morgan fingerprint density at radius 3 is 2.68 bits per heavy atom.